The van der Waals surface area contributed by atoms with Crippen molar-refractivity contribution in [1.29, 1.82) is 0 Å². The zero-order valence-corrected chi connectivity index (χ0v) is 20.4. The minimum atomic E-state index is -0.747. The molecule has 0 bridgehead atoms. The zero-order chi connectivity index (χ0) is 24.0. The van der Waals surface area contributed by atoms with Gasteiger partial charge in [-0.15, -0.1) is 0 Å². The highest BCUT2D eigenvalue weighted by atomic mass is 19.1. The molecule has 0 spiro atoms. The van der Waals surface area contributed by atoms with Crippen LogP contribution in [0, 0.1) is 17.2 Å². The molecule has 0 amide bonds. The molecule has 0 radical (unpaired) electrons. The Balaban J connectivity index is 1.20. The highest BCUT2D eigenvalue weighted by Crippen LogP contribution is 2.56. The van der Waals surface area contributed by atoms with Gasteiger partial charge in [0.25, 0.3) is 0 Å². The van der Waals surface area contributed by atoms with Crippen molar-refractivity contribution >= 4 is 6.08 Å². The van der Waals surface area contributed by atoms with E-state index in [0.717, 1.165) is 68.1 Å². The molecule has 6 rings (SSSR count). The largest absolute Gasteiger partial charge is 0.389 e. The summed E-state index contributed by atoms with van der Waals surface area (Å²) in [5.74, 6) is 0.622. The molecule has 0 unspecified atom stereocenters. The number of nitrogens with one attached hydrogen (secondary N) is 1. The Bertz CT molecular complexity index is 1260. The van der Waals surface area contributed by atoms with Gasteiger partial charge in [-0.3, -0.25) is 0 Å². The van der Waals surface area contributed by atoms with Crippen molar-refractivity contribution in [2.75, 3.05) is 6.54 Å². The van der Waals surface area contributed by atoms with Crippen molar-refractivity contribution in [3.8, 4) is 5.69 Å². The van der Waals surface area contributed by atoms with E-state index in [2.05, 4.69) is 47.7 Å². The lowest BCUT2D eigenvalue weighted by molar-refractivity contribution is -0.0461. The average Bonchev–Trinajstić information content (AvgIpc) is 3.54. The smallest absolute Gasteiger partial charge is 0.123 e. The van der Waals surface area contributed by atoms with Gasteiger partial charge >= 0.3 is 0 Å². The van der Waals surface area contributed by atoms with Crippen molar-refractivity contribution < 1.29 is 9.50 Å². The predicted molar refractivity (Wildman–Crippen MR) is 137 cm³/mol. The molecule has 2 fully saturated rings. The van der Waals surface area contributed by atoms with Crippen molar-refractivity contribution in [2.24, 2.45) is 11.3 Å². The lowest BCUT2D eigenvalue weighted by atomic mass is 9.65. The number of hydrogen-bond donors (Lipinski definition) is 2. The summed E-state index contributed by atoms with van der Waals surface area (Å²) in [4.78, 5) is 0. The fourth-order valence-electron chi connectivity index (χ4n) is 6.17. The standard InChI is InChI=1S/C30H34FN3O/c1-29-17-24-20-33-34(27-10-8-26(31)9-11-27)28(24)16-25(29)13-15-30(29,35)14-12-22-4-2-3-5-23(22)19-32-18-21-6-7-21/h2-5,8-11,16,20-21,32,35H,6-7,12-15,17-19H2,1H3/t29-,30-/m0/s1. The zero-order valence-electron chi connectivity index (χ0n) is 20.4. The lowest BCUT2D eigenvalue weighted by Gasteiger charge is -2.42. The van der Waals surface area contributed by atoms with Crippen LogP contribution in [-0.2, 0) is 19.4 Å². The average molecular weight is 472 g/mol. The number of rotatable bonds is 8. The van der Waals surface area contributed by atoms with Gasteiger partial charge < -0.3 is 10.4 Å². The Morgan fingerprint density at radius 3 is 2.66 bits per heavy atom. The topological polar surface area (TPSA) is 50.1 Å². The number of fused-ring (bicyclic) bond motifs is 2. The van der Waals surface area contributed by atoms with Crippen LogP contribution in [0.1, 0.15) is 61.4 Å². The molecule has 2 saturated carbocycles. The molecule has 1 heterocycles. The summed E-state index contributed by atoms with van der Waals surface area (Å²) in [5.41, 5.74) is 6.00. The summed E-state index contributed by atoms with van der Waals surface area (Å²) in [6.45, 7) is 4.24. The molecule has 3 aromatic rings. The third kappa shape index (κ3) is 4.15. The third-order valence-electron chi connectivity index (χ3n) is 8.73. The molecule has 0 aliphatic heterocycles. The molecule has 2 atom stereocenters. The van der Waals surface area contributed by atoms with E-state index in [4.69, 9.17) is 0 Å². The van der Waals surface area contributed by atoms with E-state index in [0.29, 0.717) is 0 Å². The molecule has 0 saturated heterocycles. The third-order valence-corrected chi connectivity index (χ3v) is 8.73. The van der Waals surface area contributed by atoms with Gasteiger partial charge in [0.2, 0.25) is 0 Å². The van der Waals surface area contributed by atoms with Crippen LogP contribution in [0.3, 0.4) is 0 Å². The number of aliphatic hydroxyl groups is 1. The number of halogens is 1. The summed E-state index contributed by atoms with van der Waals surface area (Å²) in [6, 6.07) is 15.1. The number of aromatic nitrogens is 2. The maximum atomic E-state index is 13.4. The van der Waals surface area contributed by atoms with Crippen molar-refractivity contribution in [3.63, 3.8) is 0 Å². The number of nitrogens with zero attached hydrogens (tertiary/aromatic N) is 2. The van der Waals surface area contributed by atoms with Gasteiger partial charge in [0, 0.05) is 12.0 Å². The summed E-state index contributed by atoms with van der Waals surface area (Å²) in [7, 11) is 0. The van der Waals surface area contributed by atoms with Gasteiger partial charge in [-0.25, -0.2) is 9.07 Å². The van der Waals surface area contributed by atoms with Crippen molar-refractivity contribution in [3.05, 3.63) is 88.5 Å². The molecular weight excluding hydrogens is 437 g/mol. The first-order chi connectivity index (χ1) is 17.0. The molecular formula is C30H34FN3O. The molecule has 1 aromatic heterocycles. The van der Waals surface area contributed by atoms with Crippen LogP contribution >= 0.6 is 0 Å². The molecule has 35 heavy (non-hydrogen) atoms. The lowest BCUT2D eigenvalue weighted by Crippen LogP contribution is -2.45. The van der Waals surface area contributed by atoms with E-state index in [1.165, 1.54) is 41.7 Å². The van der Waals surface area contributed by atoms with Gasteiger partial charge in [-0.2, -0.15) is 5.10 Å². The maximum absolute atomic E-state index is 13.4. The van der Waals surface area contributed by atoms with E-state index in [9.17, 15) is 9.50 Å². The van der Waals surface area contributed by atoms with Crippen LogP contribution < -0.4 is 5.32 Å². The molecule has 4 nitrogen and oxygen atoms in total. The molecule has 3 aliphatic rings. The van der Waals surface area contributed by atoms with Crippen molar-refractivity contribution in [1.82, 2.24) is 15.1 Å². The van der Waals surface area contributed by atoms with Gasteiger partial charge in [0.1, 0.15) is 5.82 Å². The quantitative estimate of drug-likeness (QED) is 0.449. The van der Waals surface area contributed by atoms with Crippen LogP contribution in [0.2, 0.25) is 0 Å². The summed E-state index contributed by atoms with van der Waals surface area (Å²) >= 11 is 0. The molecule has 182 valence electrons. The molecule has 2 aromatic carbocycles. The van der Waals surface area contributed by atoms with Crippen LogP contribution in [0.4, 0.5) is 4.39 Å². The Kier molecular flexibility index (Phi) is 5.65. The summed E-state index contributed by atoms with van der Waals surface area (Å²) < 4.78 is 15.3. The Morgan fingerprint density at radius 1 is 1.11 bits per heavy atom. The van der Waals surface area contributed by atoms with E-state index < -0.39 is 5.60 Å². The first kappa shape index (κ1) is 22.7. The van der Waals surface area contributed by atoms with Gasteiger partial charge in [0.15, 0.2) is 0 Å². The second kappa shape index (κ2) is 8.72. The first-order valence-electron chi connectivity index (χ1n) is 13.0. The molecule has 2 N–H and O–H groups in total. The fraction of sp³-hybridized carbons (Fsp3) is 0.433. The highest BCUT2D eigenvalue weighted by Gasteiger charge is 2.54. The second-order valence-electron chi connectivity index (χ2n) is 11.0. The Labute approximate surface area is 206 Å². The second-order valence-corrected chi connectivity index (χ2v) is 11.0. The minimum Gasteiger partial charge on any atom is -0.389 e. The number of benzene rings is 2. The Morgan fingerprint density at radius 2 is 1.89 bits per heavy atom. The first-order valence-corrected chi connectivity index (χ1v) is 13.0. The van der Waals surface area contributed by atoms with Crippen LogP contribution in [-0.4, -0.2) is 27.0 Å². The highest BCUT2D eigenvalue weighted by molar-refractivity contribution is 5.62. The van der Waals surface area contributed by atoms with E-state index >= 15 is 0 Å². The van der Waals surface area contributed by atoms with Crippen LogP contribution in [0.5, 0.6) is 0 Å². The van der Waals surface area contributed by atoms with E-state index in [1.54, 1.807) is 12.1 Å². The van der Waals surface area contributed by atoms with Gasteiger partial charge in [0.05, 0.1) is 23.2 Å². The minimum absolute atomic E-state index is 0.248. The monoisotopic (exact) mass is 471 g/mol. The SMILES string of the molecule is C[C@]12Cc3cnn(-c4ccc(F)cc4)c3C=C1CC[C@@]2(O)CCc1ccccc1CNCC1CC1. The number of aryl methyl sites for hydroxylation is 1. The van der Waals surface area contributed by atoms with E-state index in [1.807, 2.05) is 10.9 Å². The van der Waals surface area contributed by atoms with Crippen molar-refractivity contribution in [2.45, 2.75) is 64.0 Å². The predicted octanol–water partition coefficient (Wildman–Crippen LogP) is 5.61. The molecule has 3 aliphatic carbocycles. The summed E-state index contributed by atoms with van der Waals surface area (Å²) in [6.07, 6.45) is 10.9. The maximum Gasteiger partial charge on any atom is 0.123 e. The Hall–Kier alpha value is -2.76. The molecule has 5 heteroatoms. The number of hydrogen-bond acceptors (Lipinski definition) is 3. The fourth-order valence-corrected chi connectivity index (χ4v) is 6.17. The normalized spacial score (nSPS) is 25.3. The van der Waals surface area contributed by atoms with Crippen LogP contribution in [0.25, 0.3) is 11.8 Å². The summed E-state index contributed by atoms with van der Waals surface area (Å²) in [5, 5.41) is 20.2. The van der Waals surface area contributed by atoms with Gasteiger partial charge in [-0.05, 0) is 104 Å². The van der Waals surface area contributed by atoms with E-state index in [-0.39, 0.29) is 11.2 Å². The van der Waals surface area contributed by atoms with Gasteiger partial charge in [-0.1, -0.05) is 36.8 Å². The van der Waals surface area contributed by atoms with Crippen LogP contribution in [0.15, 0.2) is 60.3 Å².